The smallest absolute Gasteiger partial charge is 0.225 e. The summed E-state index contributed by atoms with van der Waals surface area (Å²) in [6.45, 7) is 6.96. The molecule has 6 heteroatoms. The minimum atomic E-state index is 0.842. The fourth-order valence-corrected chi connectivity index (χ4v) is 3.94. The van der Waals surface area contributed by atoms with E-state index >= 15 is 0 Å². The molecule has 0 amide bonds. The predicted octanol–water partition coefficient (Wildman–Crippen LogP) is 2.75. The minimum Gasteiger partial charge on any atom is -0.368 e. The molecule has 4 rings (SSSR count). The van der Waals surface area contributed by atoms with E-state index in [2.05, 4.69) is 57.4 Å². The predicted molar refractivity (Wildman–Crippen MR) is 106 cm³/mol. The molecule has 0 saturated carbocycles. The summed E-state index contributed by atoms with van der Waals surface area (Å²) in [5.74, 6) is 1.83. The summed E-state index contributed by atoms with van der Waals surface area (Å²) >= 11 is 1.85. The van der Waals surface area contributed by atoms with Gasteiger partial charge in [0.25, 0.3) is 0 Å². The summed E-state index contributed by atoms with van der Waals surface area (Å²) < 4.78 is 0. The number of benzene rings is 1. The van der Waals surface area contributed by atoms with Crippen LogP contribution < -0.4 is 15.1 Å². The highest BCUT2D eigenvalue weighted by atomic mass is 32.2. The van der Waals surface area contributed by atoms with E-state index in [-0.39, 0.29) is 0 Å². The molecular weight excluding hydrogens is 330 g/mol. The van der Waals surface area contributed by atoms with E-state index in [1.807, 2.05) is 24.0 Å². The molecule has 0 unspecified atom stereocenters. The first kappa shape index (κ1) is 16.4. The van der Waals surface area contributed by atoms with Gasteiger partial charge in [0.1, 0.15) is 0 Å². The second-order valence-electron chi connectivity index (χ2n) is 6.42. The topological polar surface area (TPSA) is 44.3 Å². The Kier molecular flexibility index (Phi) is 4.90. The van der Waals surface area contributed by atoms with Crippen LogP contribution in [0.25, 0.3) is 6.08 Å². The van der Waals surface area contributed by atoms with Crippen molar-refractivity contribution >= 4 is 29.5 Å². The van der Waals surface area contributed by atoms with Crippen LogP contribution in [-0.4, -0.2) is 48.6 Å². The van der Waals surface area contributed by atoms with E-state index in [0.29, 0.717) is 0 Å². The number of thioether (sulfide) groups is 1. The highest BCUT2D eigenvalue weighted by molar-refractivity contribution is 8.03. The zero-order chi connectivity index (χ0) is 17.1. The van der Waals surface area contributed by atoms with Crippen LogP contribution in [0.5, 0.6) is 0 Å². The molecule has 1 aromatic heterocycles. The van der Waals surface area contributed by atoms with Gasteiger partial charge in [-0.3, -0.25) is 0 Å². The first-order valence-corrected chi connectivity index (χ1v) is 9.70. The van der Waals surface area contributed by atoms with Crippen molar-refractivity contribution in [3.63, 3.8) is 0 Å². The number of hydrogen-bond acceptors (Lipinski definition) is 6. The SMILES string of the molecule is Cc1ccc(N2CCN(c3nccc(/C=C4/CNCS4)n3)CC2)cc1. The van der Waals surface area contributed by atoms with Crippen LogP contribution in [0, 0.1) is 6.92 Å². The van der Waals surface area contributed by atoms with Crippen molar-refractivity contribution in [2.75, 3.05) is 48.4 Å². The molecule has 0 radical (unpaired) electrons. The van der Waals surface area contributed by atoms with E-state index in [4.69, 9.17) is 4.98 Å². The van der Waals surface area contributed by atoms with Crippen molar-refractivity contribution < 1.29 is 0 Å². The quantitative estimate of drug-likeness (QED) is 0.915. The first-order valence-electron chi connectivity index (χ1n) is 8.72. The van der Waals surface area contributed by atoms with Crippen molar-refractivity contribution in [1.29, 1.82) is 0 Å². The summed E-state index contributed by atoms with van der Waals surface area (Å²) in [6.07, 6.45) is 4.03. The molecule has 2 aromatic rings. The number of aryl methyl sites for hydroxylation is 1. The zero-order valence-corrected chi connectivity index (χ0v) is 15.3. The summed E-state index contributed by atoms with van der Waals surface area (Å²) in [5, 5.41) is 3.33. The molecule has 25 heavy (non-hydrogen) atoms. The molecule has 3 heterocycles. The maximum Gasteiger partial charge on any atom is 0.225 e. The molecule has 5 nitrogen and oxygen atoms in total. The van der Waals surface area contributed by atoms with Crippen molar-refractivity contribution in [3.8, 4) is 0 Å². The Morgan fingerprint density at radius 2 is 1.80 bits per heavy atom. The molecule has 2 saturated heterocycles. The standard InChI is InChI=1S/C19H23N5S/c1-15-2-4-17(5-3-15)23-8-10-24(11-9-23)19-21-7-6-16(22-19)12-18-13-20-14-25-18/h2-7,12,20H,8-11,13-14H2,1H3/b18-12-. The zero-order valence-electron chi connectivity index (χ0n) is 14.5. The van der Waals surface area contributed by atoms with Crippen molar-refractivity contribution in [2.24, 2.45) is 0 Å². The Hall–Kier alpha value is -2.05. The van der Waals surface area contributed by atoms with Gasteiger partial charge in [-0.15, -0.1) is 11.8 Å². The Morgan fingerprint density at radius 1 is 1.04 bits per heavy atom. The average molecular weight is 353 g/mol. The molecule has 2 aliphatic rings. The Bertz CT molecular complexity index is 743. The molecule has 1 N–H and O–H groups in total. The van der Waals surface area contributed by atoms with E-state index in [1.54, 1.807) is 0 Å². The monoisotopic (exact) mass is 353 g/mol. The molecule has 0 spiro atoms. The summed E-state index contributed by atoms with van der Waals surface area (Å²) in [6, 6.07) is 10.8. The molecule has 0 aliphatic carbocycles. The molecule has 2 fully saturated rings. The number of piperazine rings is 1. The van der Waals surface area contributed by atoms with Crippen LogP contribution in [-0.2, 0) is 0 Å². The van der Waals surface area contributed by atoms with Crippen LogP contribution in [0.15, 0.2) is 41.4 Å². The maximum absolute atomic E-state index is 4.75. The minimum absolute atomic E-state index is 0.842. The van der Waals surface area contributed by atoms with Crippen LogP contribution in [0.2, 0.25) is 0 Å². The Labute approximate surface area is 153 Å². The third-order valence-corrected chi connectivity index (χ3v) is 5.58. The molecule has 130 valence electrons. The van der Waals surface area contributed by atoms with Crippen LogP contribution in [0.1, 0.15) is 11.3 Å². The third-order valence-electron chi connectivity index (χ3n) is 4.59. The molecule has 2 aliphatic heterocycles. The lowest BCUT2D eigenvalue weighted by Gasteiger charge is -2.36. The largest absolute Gasteiger partial charge is 0.368 e. The van der Waals surface area contributed by atoms with Crippen molar-refractivity contribution in [1.82, 2.24) is 15.3 Å². The maximum atomic E-state index is 4.75. The Balaban J connectivity index is 1.42. The first-order chi connectivity index (χ1) is 12.3. The van der Waals surface area contributed by atoms with Gasteiger partial charge in [0.05, 0.1) is 5.69 Å². The molecule has 0 bridgehead atoms. The highest BCUT2D eigenvalue weighted by Gasteiger charge is 2.19. The number of nitrogens with one attached hydrogen (secondary N) is 1. The van der Waals surface area contributed by atoms with E-state index in [9.17, 15) is 0 Å². The number of nitrogens with zero attached hydrogens (tertiary/aromatic N) is 4. The van der Waals surface area contributed by atoms with E-state index in [1.165, 1.54) is 16.2 Å². The van der Waals surface area contributed by atoms with Gasteiger partial charge in [-0.1, -0.05) is 17.7 Å². The second-order valence-corrected chi connectivity index (χ2v) is 7.52. The Morgan fingerprint density at radius 3 is 2.52 bits per heavy atom. The van der Waals surface area contributed by atoms with Gasteiger partial charge in [0.15, 0.2) is 0 Å². The molecule has 1 aromatic carbocycles. The summed E-state index contributed by atoms with van der Waals surface area (Å²) in [7, 11) is 0. The molecular formula is C19H23N5S. The summed E-state index contributed by atoms with van der Waals surface area (Å²) in [5.41, 5.74) is 3.60. The third kappa shape index (κ3) is 3.96. The average Bonchev–Trinajstić information content (AvgIpc) is 3.16. The van der Waals surface area contributed by atoms with Gasteiger partial charge in [0.2, 0.25) is 5.95 Å². The van der Waals surface area contributed by atoms with Gasteiger partial charge in [-0.25, -0.2) is 9.97 Å². The highest BCUT2D eigenvalue weighted by Crippen LogP contribution is 2.23. The number of rotatable bonds is 3. The van der Waals surface area contributed by atoms with Gasteiger partial charge in [-0.05, 0) is 31.2 Å². The van der Waals surface area contributed by atoms with E-state index < -0.39 is 0 Å². The lowest BCUT2D eigenvalue weighted by molar-refractivity contribution is 0.639. The lowest BCUT2D eigenvalue weighted by atomic mass is 10.2. The lowest BCUT2D eigenvalue weighted by Crippen LogP contribution is -2.47. The van der Waals surface area contributed by atoms with Gasteiger partial charge >= 0.3 is 0 Å². The number of hydrogen-bond donors (Lipinski definition) is 1. The fourth-order valence-electron chi connectivity index (χ4n) is 3.14. The molecule has 0 atom stereocenters. The normalized spacial score (nSPS) is 19.6. The van der Waals surface area contributed by atoms with Crippen LogP contribution in [0.3, 0.4) is 0 Å². The van der Waals surface area contributed by atoms with Gasteiger partial charge in [0, 0.05) is 55.4 Å². The fraction of sp³-hybridized carbons (Fsp3) is 0.368. The van der Waals surface area contributed by atoms with Gasteiger partial charge in [-0.2, -0.15) is 0 Å². The van der Waals surface area contributed by atoms with Crippen molar-refractivity contribution in [2.45, 2.75) is 6.92 Å². The number of aromatic nitrogens is 2. The second kappa shape index (κ2) is 7.45. The van der Waals surface area contributed by atoms with Crippen LogP contribution >= 0.6 is 11.8 Å². The van der Waals surface area contributed by atoms with Gasteiger partial charge < -0.3 is 15.1 Å². The number of anilines is 2. The summed E-state index contributed by atoms with van der Waals surface area (Å²) in [4.78, 5) is 15.3. The van der Waals surface area contributed by atoms with Crippen molar-refractivity contribution in [3.05, 3.63) is 52.7 Å². The van der Waals surface area contributed by atoms with Crippen LogP contribution in [0.4, 0.5) is 11.6 Å². The van der Waals surface area contributed by atoms with E-state index in [0.717, 1.165) is 50.2 Å².